The highest BCUT2D eigenvalue weighted by Gasteiger charge is 2.48. The van der Waals surface area contributed by atoms with Crippen LogP contribution in [0.4, 0.5) is 0 Å². The summed E-state index contributed by atoms with van der Waals surface area (Å²) >= 11 is 0. The molecule has 1 saturated carbocycles. The van der Waals surface area contributed by atoms with Gasteiger partial charge in [-0.1, -0.05) is 31.0 Å². The number of nitrogens with one attached hydrogen (secondary N) is 2. The van der Waals surface area contributed by atoms with Crippen LogP contribution in [-0.4, -0.2) is 40.7 Å². The summed E-state index contributed by atoms with van der Waals surface area (Å²) in [5.41, 5.74) is 2.21. The molecular formula is C20H23N3O3. The van der Waals surface area contributed by atoms with Crippen LogP contribution in [0.15, 0.2) is 30.5 Å². The number of amides is 3. The predicted octanol–water partition coefficient (Wildman–Crippen LogP) is 2.00. The van der Waals surface area contributed by atoms with E-state index in [2.05, 4.69) is 10.3 Å². The molecule has 26 heavy (non-hydrogen) atoms. The van der Waals surface area contributed by atoms with E-state index in [9.17, 15) is 14.4 Å². The van der Waals surface area contributed by atoms with Crippen LogP contribution in [0.2, 0.25) is 0 Å². The van der Waals surface area contributed by atoms with Crippen molar-refractivity contribution in [1.82, 2.24) is 15.2 Å². The van der Waals surface area contributed by atoms with Crippen LogP contribution in [0.1, 0.15) is 31.2 Å². The minimum Gasteiger partial charge on any atom is -0.361 e. The summed E-state index contributed by atoms with van der Waals surface area (Å²) in [6.45, 7) is 0.322. The fraction of sp³-hybridized carbons (Fsp3) is 0.450. The van der Waals surface area contributed by atoms with Crippen molar-refractivity contribution >= 4 is 28.6 Å². The number of nitrogens with zero attached hydrogens (tertiary/aromatic N) is 1. The van der Waals surface area contributed by atoms with Crippen LogP contribution in [0, 0.1) is 11.8 Å². The largest absolute Gasteiger partial charge is 0.361 e. The lowest BCUT2D eigenvalue weighted by Crippen LogP contribution is -2.41. The number of para-hydroxylation sites is 1. The van der Waals surface area contributed by atoms with Gasteiger partial charge in [-0.25, -0.2) is 0 Å². The van der Waals surface area contributed by atoms with E-state index in [1.807, 2.05) is 30.5 Å². The summed E-state index contributed by atoms with van der Waals surface area (Å²) in [4.78, 5) is 41.4. The van der Waals surface area contributed by atoms with Crippen molar-refractivity contribution in [2.45, 2.75) is 32.1 Å². The molecule has 2 fully saturated rings. The zero-order valence-corrected chi connectivity index (χ0v) is 14.7. The summed E-state index contributed by atoms with van der Waals surface area (Å²) in [5.74, 6) is -0.992. The molecule has 2 atom stereocenters. The smallest absolute Gasteiger partial charge is 0.240 e. The molecule has 1 aromatic heterocycles. The third kappa shape index (κ3) is 3.00. The molecule has 2 heterocycles. The number of carbonyl (C=O) groups excluding carboxylic acids is 3. The lowest BCUT2D eigenvalue weighted by atomic mass is 9.81. The van der Waals surface area contributed by atoms with Crippen LogP contribution in [0.5, 0.6) is 0 Å². The Kier molecular flexibility index (Phi) is 4.49. The van der Waals surface area contributed by atoms with Gasteiger partial charge in [-0.3, -0.25) is 19.3 Å². The lowest BCUT2D eigenvalue weighted by molar-refractivity contribution is -0.143. The zero-order valence-electron chi connectivity index (χ0n) is 14.7. The topological polar surface area (TPSA) is 82.3 Å². The van der Waals surface area contributed by atoms with Crippen LogP contribution >= 0.6 is 0 Å². The van der Waals surface area contributed by atoms with Crippen molar-refractivity contribution in [3.05, 3.63) is 36.0 Å². The number of benzene rings is 1. The second-order valence-electron chi connectivity index (χ2n) is 7.22. The number of imide groups is 1. The van der Waals surface area contributed by atoms with E-state index in [0.29, 0.717) is 13.0 Å². The van der Waals surface area contributed by atoms with Crippen molar-refractivity contribution in [3.8, 4) is 0 Å². The number of H-pyrrole nitrogens is 1. The quantitative estimate of drug-likeness (QED) is 0.807. The molecule has 2 N–H and O–H groups in total. The number of carbonyl (C=O) groups is 3. The Morgan fingerprint density at radius 3 is 2.54 bits per heavy atom. The first-order chi connectivity index (χ1) is 12.6. The summed E-state index contributed by atoms with van der Waals surface area (Å²) in [6, 6.07) is 8.03. The van der Waals surface area contributed by atoms with E-state index in [0.717, 1.165) is 42.1 Å². The molecule has 1 aromatic carbocycles. The summed E-state index contributed by atoms with van der Waals surface area (Å²) < 4.78 is 0. The molecule has 1 aliphatic carbocycles. The average molecular weight is 353 g/mol. The Hall–Kier alpha value is -2.63. The maximum absolute atomic E-state index is 12.4. The van der Waals surface area contributed by atoms with Gasteiger partial charge >= 0.3 is 0 Å². The van der Waals surface area contributed by atoms with E-state index in [1.54, 1.807) is 0 Å². The Labute approximate surface area is 151 Å². The van der Waals surface area contributed by atoms with Gasteiger partial charge in [0.05, 0.1) is 11.8 Å². The maximum Gasteiger partial charge on any atom is 0.240 e. The first-order valence-electron chi connectivity index (χ1n) is 9.32. The molecule has 3 amide bonds. The van der Waals surface area contributed by atoms with E-state index in [-0.39, 0.29) is 36.1 Å². The number of fused-ring (bicyclic) bond motifs is 2. The molecule has 0 radical (unpaired) electrons. The van der Waals surface area contributed by atoms with Gasteiger partial charge in [-0.05, 0) is 30.9 Å². The van der Waals surface area contributed by atoms with Gasteiger partial charge < -0.3 is 10.3 Å². The number of likely N-dealkylation sites (tertiary alicyclic amines) is 1. The van der Waals surface area contributed by atoms with Gasteiger partial charge in [0.15, 0.2) is 0 Å². The lowest BCUT2D eigenvalue weighted by Gasteiger charge is -2.19. The first kappa shape index (κ1) is 16.8. The van der Waals surface area contributed by atoms with Crippen LogP contribution in [-0.2, 0) is 20.8 Å². The Morgan fingerprint density at radius 1 is 1.12 bits per heavy atom. The Balaban J connectivity index is 1.31. The molecule has 2 aliphatic rings. The fourth-order valence-corrected chi connectivity index (χ4v) is 4.26. The van der Waals surface area contributed by atoms with Crippen LogP contribution in [0.3, 0.4) is 0 Å². The van der Waals surface area contributed by atoms with Crippen molar-refractivity contribution < 1.29 is 14.4 Å². The number of hydrogen-bond donors (Lipinski definition) is 2. The average Bonchev–Trinajstić information content (AvgIpc) is 3.17. The van der Waals surface area contributed by atoms with E-state index >= 15 is 0 Å². The van der Waals surface area contributed by atoms with Gasteiger partial charge in [0.25, 0.3) is 0 Å². The van der Waals surface area contributed by atoms with Crippen molar-refractivity contribution in [2.75, 3.05) is 13.1 Å². The molecule has 2 aromatic rings. The molecule has 0 bridgehead atoms. The fourth-order valence-electron chi connectivity index (χ4n) is 4.26. The summed E-state index contributed by atoms with van der Waals surface area (Å²) in [6.07, 6.45) is 6.18. The molecule has 6 heteroatoms. The standard InChI is InChI=1S/C20H23N3O3/c24-18(12-23-19(25)15-6-1-2-7-16(15)20(23)26)21-10-9-13-11-22-17-8-4-3-5-14(13)17/h3-5,8,11,15-16,22H,1-2,6-7,9-10,12H2,(H,21,24). The molecule has 136 valence electrons. The van der Waals surface area contributed by atoms with Gasteiger partial charge in [0.2, 0.25) is 17.7 Å². The highest BCUT2D eigenvalue weighted by molar-refractivity contribution is 6.07. The van der Waals surface area contributed by atoms with Crippen molar-refractivity contribution in [2.24, 2.45) is 11.8 Å². The predicted molar refractivity (Wildman–Crippen MR) is 97.2 cm³/mol. The maximum atomic E-state index is 12.4. The zero-order chi connectivity index (χ0) is 18.1. The van der Waals surface area contributed by atoms with Crippen LogP contribution < -0.4 is 5.32 Å². The van der Waals surface area contributed by atoms with E-state index < -0.39 is 0 Å². The number of hydrogen-bond acceptors (Lipinski definition) is 3. The monoisotopic (exact) mass is 353 g/mol. The molecule has 6 nitrogen and oxygen atoms in total. The molecule has 1 aliphatic heterocycles. The summed E-state index contributed by atoms with van der Waals surface area (Å²) in [7, 11) is 0. The SMILES string of the molecule is O=C(CN1C(=O)C2CCCCC2C1=O)NCCc1c[nH]c2ccccc12. The Morgan fingerprint density at radius 2 is 1.81 bits per heavy atom. The van der Waals surface area contributed by atoms with Gasteiger partial charge in [-0.15, -0.1) is 0 Å². The molecular weight excluding hydrogens is 330 g/mol. The van der Waals surface area contributed by atoms with Gasteiger partial charge in [0, 0.05) is 23.6 Å². The number of aromatic amines is 1. The van der Waals surface area contributed by atoms with Gasteiger partial charge in [-0.2, -0.15) is 0 Å². The normalized spacial score (nSPS) is 22.7. The molecule has 0 spiro atoms. The third-order valence-corrected chi connectivity index (χ3v) is 5.63. The minimum absolute atomic E-state index is 0.154. The van der Waals surface area contributed by atoms with Crippen molar-refractivity contribution in [3.63, 3.8) is 0 Å². The number of aromatic nitrogens is 1. The van der Waals surface area contributed by atoms with E-state index in [4.69, 9.17) is 0 Å². The molecule has 1 saturated heterocycles. The van der Waals surface area contributed by atoms with Crippen LogP contribution in [0.25, 0.3) is 10.9 Å². The second-order valence-corrected chi connectivity index (χ2v) is 7.22. The second kappa shape index (κ2) is 6.94. The molecule has 4 rings (SSSR count). The highest BCUT2D eigenvalue weighted by atomic mass is 16.2. The highest BCUT2D eigenvalue weighted by Crippen LogP contribution is 2.37. The van der Waals surface area contributed by atoms with E-state index in [1.165, 1.54) is 4.90 Å². The first-order valence-corrected chi connectivity index (χ1v) is 9.32. The number of rotatable bonds is 5. The third-order valence-electron chi connectivity index (χ3n) is 5.63. The summed E-state index contributed by atoms with van der Waals surface area (Å²) in [5, 5.41) is 3.98. The van der Waals surface area contributed by atoms with Gasteiger partial charge in [0.1, 0.15) is 6.54 Å². The Bertz CT molecular complexity index is 833. The molecule has 2 unspecified atom stereocenters. The minimum atomic E-state index is -0.273. The van der Waals surface area contributed by atoms with Crippen molar-refractivity contribution in [1.29, 1.82) is 0 Å².